The highest BCUT2D eigenvalue weighted by Crippen LogP contribution is 2.21. The van der Waals surface area contributed by atoms with E-state index in [1.807, 2.05) is 58.9 Å². The van der Waals surface area contributed by atoms with Crippen LogP contribution in [0.4, 0.5) is 0 Å². The predicted molar refractivity (Wildman–Crippen MR) is 70.9 cm³/mol. The first-order valence-corrected chi connectivity index (χ1v) is 5.89. The van der Waals surface area contributed by atoms with Gasteiger partial charge in [0.2, 0.25) is 0 Å². The molecule has 0 saturated heterocycles. The molecule has 0 aliphatic rings. The maximum atomic E-state index is 5.39. The van der Waals surface area contributed by atoms with Gasteiger partial charge in [-0.25, -0.2) is 0 Å². The van der Waals surface area contributed by atoms with Crippen LogP contribution in [0, 0.1) is 6.92 Å². The van der Waals surface area contributed by atoms with E-state index in [2.05, 4.69) is 12.6 Å². The summed E-state index contributed by atoms with van der Waals surface area (Å²) >= 11 is 4.23. The number of benzene rings is 1. The summed E-state index contributed by atoms with van der Waals surface area (Å²) in [6.45, 7) is 9.94. The van der Waals surface area contributed by atoms with Gasteiger partial charge in [0, 0.05) is 10.3 Å². The van der Waals surface area contributed by atoms with Crippen molar-refractivity contribution in [3.8, 4) is 0 Å². The van der Waals surface area contributed by atoms with Gasteiger partial charge in [0.1, 0.15) is 11.3 Å². The molecule has 15 heavy (non-hydrogen) atoms. The number of hydrogen-bond donors (Lipinski definition) is 1. The third kappa shape index (κ3) is 4.00. The smallest absolute Gasteiger partial charge is 0.134 e. The second kappa shape index (κ2) is 7.41. The Bertz CT molecular complexity index is 390. The molecule has 1 heterocycles. The molecule has 84 valence electrons. The molecule has 0 atom stereocenters. The van der Waals surface area contributed by atoms with E-state index >= 15 is 0 Å². The Morgan fingerprint density at radius 1 is 1.00 bits per heavy atom. The number of thiol groups is 1. The number of furan rings is 1. The lowest BCUT2D eigenvalue weighted by atomic mass is 10.2. The van der Waals surface area contributed by atoms with Gasteiger partial charge in [0.05, 0.1) is 0 Å². The largest absolute Gasteiger partial charge is 0.461 e. The fraction of sp³-hybridized carbons (Fsp3) is 0.385. The fourth-order valence-electron chi connectivity index (χ4n) is 1.16. The summed E-state index contributed by atoms with van der Waals surface area (Å²) in [5, 5.41) is 1.12. The van der Waals surface area contributed by atoms with Crippen LogP contribution in [0.2, 0.25) is 0 Å². The van der Waals surface area contributed by atoms with Gasteiger partial charge >= 0.3 is 0 Å². The molecule has 0 bridgehead atoms. The maximum absolute atomic E-state index is 5.39. The van der Waals surface area contributed by atoms with Crippen LogP contribution >= 0.6 is 12.6 Å². The molecule has 0 fully saturated rings. The maximum Gasteiger partial charge on any atom is 0.134 e. The fourth-order valence-corrected chi connectivity index (χ4v) is 1.38. The molecule has 0 unspecified atom stereocenters. The average molecular weight is 224 g/mol. The van der Waals surface area contributed by atoms with Gasteiger partial charge in [0.15, 0.2) is 0 Å². The number of rotatable bonds is 0. The van der Waals surface area contributed by atoms with Crippen molar-refractivity contribution in [3.63, 3.8) is 0 Å². The normalized spacial score (nSPS) is 8.67. The van der Waals surface area contributed by atoms with Crippen LogP contribution < -0.4 is 0 Å². The van der Waals surface area contributed by atoms with Crippen molar-refractivity contribution in [2.75, 3.05) is 0 Å². The Labute approximate surface area is 97.9 Å². The van der Waals surface area contributed by atoms with E-state index in [-0.39, 0.29) is 0 Å². The van der Waals surface area contributed by atoms with Crippen molar-refractivity contribution in [3.05, 3.63) is 30.0 Å². The molecule has 0 aliphatic heterocycles. The Morgan fingerprint density at radius 3 is 2.20 bits per heavy atom. The van der Waals surface area contributed by atoms with Crippen molar-refractivity contribution < 1.29 is 4.42 Å². The lowest BCUT2D eigenvalue weighted by Crippen LogP contribution is -1.63. The number of aryl methyl sites for hydroxylation is 1. The zero-order valence-corrected chi connectivity index (χ0v) is 11.1. The van der Waals surface area contributed by atoms with E-state index in [9.17, 15) is 0 Å². The van der Waals surface area contributed by atoms with E-state index in [4.69, 9.17) is 4.42 Å². The van der Waals surface area contributed by atoms with Crippen LogP contribution in [-0.4, -0.2) is 0 Å². The van der Waals surface area contributed by atoms with Crippen molar-refractivity contribution in [1.29, 1.82) is 0 Å². The van der Waals surface area contributed by atoms with Gasteiger partial charge in [-0.2, -0.15) is 0 Å². The summed E-state index contributed by atoms with van der Waals surface area (Å²) in [5.74, 6) is 0.943. The molecule has 1 nitrogen and oxygen atoms in total. The van der Waals surface area contributed by atoms with Crippen molar-refractivity contribution in [1.82, 2.24) is 0 Å². The topological polar surface area (TPSA) is 13.1 Å². The van der Waals surface area contributed by atoms with Gasteiger partial charge in [0.25, 0.3) is 0 Å². The highest BCUT2D eigenvalue weighted by atomic mass is 32.1. The summed E-state index contributed by atoms with van der Waals surface area (Å²) < 4.78 is 5.39. The predicted octanol–water partition coefficient (Wildman–Crippen LogP) is 5.08. The van der Waals surface area contributed by atoms with Crippen LogP contribution in [0.3, 0.4) is 0 Å². The average Bonchev–Trinajstić information content (AvgIpc) is 2.63. The second-order valence-electron chi connectivity index (χ2n) is 2.58. The monoisotopic (exact) mass is 224 g/mol. The minimum atomic E-state index is 0.931. The Kier molecular flexibility index (Phi) is 6.97. The van der Waals surface area contributed by atoms with Crippen LogP contribution in [0.25, 0.3) is 11.0 Å². The van der Waals surface area contributed by atoms with Crippen LogP contribution in [0.5, 0.6) is 0 Å². The summed E-state index contributed by atoms with van der Waals surface area (Å²) in [7, 11) is 0. The second-order valence-corrected chi connectivity index (χ2v) is 3.10. The zero-order chi connectivity index (χ0) is 11.8. The van der Waals surface area contributed by atoms with E-state index < -0.39 is 0 Å². The van der Waals surface area contributed by atoms with Crippen LogP contribution in [0.1, 0.15) is 33.5 Å². The van der Waals surface area contributed by atoms with Crippen LogP contribution in [-0.2, 0) is 0 Å². The van der Waals surface area contributed by atoms with Crippen molar-refractivity contribution in [2.24, 2.45) is 0 Å². The summed E-state index contributed by atoms with van der Waals surface area (Å²) in [6.07, 6.45) is 0. The molecule has 2 rings (SSSR count). The Balaban J connectivity index is 0.000000442. The van der Waals surface area contributed by atoms with Gasteiger partial charge in [-0.3, -0.25) is 0 Å². The number of hydrogen-bond acceptors (Lipinski definition) is 2. The summed E-state index contributed by atoms with van der Waals surface area (Å²) in [4.78, 5) is 0.971. The van der Waals surface area contributed by atoms with E-state index in [0.717, 1.165) is 21.6 Å². The first kappa shape index (κ1) is 14.1. The molecule has 2 aromatic rings. The summed E-state index contributed by atoms with van der Waals surface area (Å²) in [6, 6.07) is 7.86. The lowest BCUT2D eigenvalue weighted by molar-refractivity contribution is 0.578. The van der Waals surface area contributed by atoms with Crippen molar-refractivity contribution >= 4 is 23.6 Å². The standard InChI is InChI=1S/C9H8OS.2C2H6/c1-6-4-7-5-8(11)2-3-9(7)10-6;2*1-2/h2-5,11H,1H3;2*1-2H3. The van der Waals surface area contributed by atoms with Crippen LogP contribution in [0.15, 0.2) is 33.6 Å². The first-order valence-electron chi connectivity index (χ1n) is 5.45. The van der Waals surface area contributed by atoms with E-state index in [1.54, 1.807) is 0 Å². The Morgan fingerprint density at radius 2 is 1.60 bits per heavy atom. The molecule has 1 aromatic heterocycles. The molecule has 2 heteroatoms. The van der Waals surface area contributed by atoms with Crippen molar-refractivity contribution in [2.45, 2.75) is 39.5 Å². The molecular formula is C13H20OS. The quantitative estimate of drug-likeness (QED) is 0.616. The zero-order valence-electron chi connectivity index (χ0n) is 10.2. The van der Waals surface area contributed by atoms with Gasteiger partial charge in [-0.15, -0.1) is 12.6 Å². The molecular weight excluding hydrogens is 204 g/mol. The lowest BCUT2D eigenvalue weighted by Gasteiger charge is -1.88. The van der Waals surface area contributed by atoms with Gasteiger partial charge in [-0.1, -0.05) is 27.7 Å². The molecule has 0 saturated carbocycles. The number of fused-ring (bicyclic) bond motifs is 1. The van der Waals surface area contributed by atoms with E-state index in [1.165, 1.54) is 0 Å². The molecule has 0 N–H and O–H groups in total. The SMILES string of the molecule is CC.CC.Cc1cc2cc(S)ccc2o1. The highest BCUT2D eigenvalue weighted by Gasteiger charge is 1.98. The Hall–Kier alpha value is -0.890. The van der Waals surface area contributed by atoms with Gasteiger partial charge < -0.3 is 4.42 Å². The van der Waals surface area contributed by atoms with E-state index in [0.29, 0.717) is 0 Å². The molecule has 0 radical (unpaired) electrons. The third-order valence-corrected chi connectivity index (χ3v) is 1.90. The molecule has 0 amide bonds. The minimum absolute atomic E-state index is 0.931. The van der Waals surface area contributed by atoms with Gasteiger partial charge in [-0.05, 0) is 31.2 Å². The molecule has 1 aromatic carbocycles. The third-order valence-electron chi connectivity index (χ3n) is 1.62. The summed E-state index contributed by atoms with van der Waals surface area (Å²) in [5.41, 5.74) is 0.931. The molecule has 0 aliphatic carbocycles. The minimum Gasteiger partial charge on any atom is -0.461 e. The molecule has 0 spiro atoms. The first-order chi connectivity index (χ1) is 7.25. The highest BCUT2D eigenvalue weighted by molar-refractivity contribution is 7.80.